The zero-order valence-corrected chi connectivity index (χ0v) is 7.26. The molecule has 0 aromatic carbocycles. The van der Waals surface area contributed by atoms with Gasteiger partial charge in [-0.1, -0.05) is 13.8 Å². The lowest BCUT2D eigenvalue weighted by Crippen LogP contribution is -2.44. The lowest BCUT2D eigenvalue weighted by Gasteiger charge is -2.39. The van der Waals surface area contributed by atoms with E-state index < -0.39 is 0 Å². The second-order valence-electron chi connectivity index (χ2n) is 3.96. The van der Waals surface area contributed by atoms with Crippen molar-refractivity contribution >= 4 is 5.78 Å². The first-order valence-electron chi connectivity index (χ1n) is 4.25. The van der Waals surface area contributed by atoms with Crippen LogP contribution in [0.5, 0.6) is 0 Å². The second-order valence-corrected chi connectivity index (χ2v) is 3.96. The Bertz CT molecular complexity index is 159. The fourth-order valence-electron chi connectivity index (χ4n) is 1.81. The van der Waals surface area contributed by atoms with Crippen molar-refractivity contribution in [2.24, 2.45) is 11.3 Å². The van der Waals surface area contributed by atoms with Crippen LogP contribution in [0.25, 0.3) is 0 Å². The molecule has 64 valence electrons. The Morgan fingerprint density at radius 3 is 2.36 bits per heavy atom. The predicted octanol–water partition coefficient (Wildman–Crippen LogP) is 1.37. The number of aliphatic hydroxyl groups excluding tert-OH is 1. The number of ketones is 1. The van der Waals surface area contributed by atoms with Gasteiger partial charge in [0, 0.05) is 6.42 Å². The molecule has 1 saturated carbocycles. The quantitative estimate of drug-likeness (QED) is 0.670. The summed E-state index contributed by atoms with van der Waals surface area (Å²) in [4.78, 5) is 11.2. The third-order valence-corrected chi connectivity index (χ3v) is 2.52. The van der Waals surface area contributed by atoms with Crippen molar-refractivity contribution < 1.29 is 9.90 Å². The van der Waals surface area contributed by atoms with Gasteiger partial charge >= 0.3 is 0 Å². The summed E-state index contributed by atoms with van der Waals surface area (Å²) in [7, 11) is 0. The van der Waals surface area contributed by atoms with Crippen molar-refractivity contribution in [2.75, 3.05) is 6.61 Å². The highest BCUT2D eigenvalue weighted by Gasteiger charge is 2.45. The van der Waals surface area contributed by atoms with Crippen LogP contribution in [-0.4, -0.2) is 17.5 Å². The van der Waals surface area contributed by atoms with Crippen LogP contribution in [0.3, 0.4) is 0 Å². The van der Waals surface area contributed by atoms with Gasteiger partial charge in [0.15, 0.2) is 0 Å². The molecule has 1 atom stereocenters. The Labute approximate surface area is 67.6 Å². The predicted molar refractivity (Wildman–Crippen MR) is 43.2 cm³/mol. The average Bonchev–Trinajstić information content (AvgIpc) is 1.96. The summed E-state index contributed by atoms with van der Waals surface area (Å²) in [5, 5.41) is 9.04. The Balaban J connectivity index is 2.54. The molecule has 1 N–H and O–H groups in total. The van der Waals surface area contributed by atoms with Gasteiger partial charge in [-0.25, -0.2) is 0 Å². The molecule has 0 spiro atoms. The number of carbonyl (C=O) groups excluding carboxylic acids is 1. The molecular weight excluding hydrogens is 140 g/mol. The van der Waals surface area contributed by atoms with E-state index in [4.69, 9.17) is 5.11 Å². The molecule has 0 unspecified atom stereocenters. The summed E-state index contributed by atoms with van der Waals surface area (Å²) in [6, 6.07) is 0. The van der Waals surface area contributed by atoms with Crippen LogP contribution in [-0.2, 0) is 4.79 Å². The van der Waals surface area contributed by atoms with Gasteiger partial charge in [-0.3, -0.25) is 4.79 Å². The Morgan fingerprint density at radius 2 is 2.27 bits per heavy atom. The molecule has 1 aliphatic rings. The van der Waals surface area contributed by atoms with Crippen LogP contribution in [0.1, 0.15) is 33.1 Å². The molecule has 1 rings (SSSR count). The minimum atomic E-state index is -0.339. The summed E-state index contributed by atoms with van der Waals surface area (Å²) in [5.41, 5.74) is -0.339. The Kier molecular flexibility index (Phi) is 2.33. The Morgan fingerprint density at radius 1 is 1.64 bits per heavy atom. The molecule has 0 aliphatic heterocycles. The maximum atomic E-state index is 11.2. The maximum Gasteiger partial charge on any atom is 0.141 e. The fraction of sp³-hybridized carbons (Fsp3) is 0.889. The van der Waals surface area contributed by atoms with Crippen molar-refractivity contribution in [1.29, 1.82) is 0 Å². The van der Waals surface area contributed by atoms with Crippen molar-refractivity contribution in [3.63, 3.8) is 0 Å². The van der Waals surface area contributed by atoms with E-state index in [9.17, 15) is 4.79 Å². The van der Waals surface area contributed by atoms with Crippen LogP contribution in [0.15, 0.2) is 0 Å². The molecule has 0 aromatic heterocycles. The van der Waals surface area contributed by atoms with Gasteiger partial charge in [0.1, 0.15) is 5.78 Å². The van der Waals surface area contributed by atoms with Crippen LogP contribution < -0.4 is 0 Å². The number of Topliss-reactive ketones (excluding diaryl/α,β-unsaturated/α-hetero) is 1. The molecule has 0 amide bonds. The van der Waals surface area contributed by atoms with Crippen LogP contribution in [0, 0.1) is 11.3 Å². The van der Waals surface area contributed by atoms with E-state index in [1.165, 1.54) is 0 Å². The molecule has 0 saturated heterocycles. The van der Waals surface area contributed by atoms with E-state index in [0.29, 0.717) is 12.3 Å². The summed E-state index contributed by atoms with van der Waals surface area (Å²) in [6.07, 6.45) is 2.41. The van der Waals surface area contributed by atoms with Crippen molar-refractivity contribution in [2.45, 2.75) is 33.1 Å². The molecule has 0 radical (unpaired) electrons. The summed E-state index contributed by atoms with van der Waals surface area (Å²) < 4.78 is 0. The highest BCUT2D eigenvalue weighted by Crippen LogP contribution is 2.41. The maximum absolute atomic E-state index is 11.2. The zero-order valence-electron chi connectivity index (χ0n) is 7.26. The van der Waals surface area contributed by atoms with Crippen LogP contribution >= 0.6 is 0 Å². The molecule has 1 fully saturated rings. The molecule has 0 bridgehead atoms. The first kappa shape index (κ1) is 8.72. The van der Waals surface area contributed by atoms with Gasteiger partial charge in [-0.2, -0.15) is 0 Å². The largest absolute Gasteiger partial charge is 0.395 e. The van der Waals surface area contributed by atoms with E-state index in [1.54, 1.807) is 0 Å². The second kappa shape index (κ2) is 2.94. The van der Waals surface area contributed by atoms with E-state index >= 15 is 0 Å². The minimum absolute atomic E-state index is 0.0456. The van der Waals surface area contributed by atoms with Crippen molar-refractivity contribution in [3.8, 4) is 0 Å². The molecule has 0 aromatic rings. The lowest BCUT2D eigenvalue weighted by atomic mass is 9.64. The highest BCUT2D eigenvalue weighted by molar-refractivity contribution is 5.90. The van der Waals surface area contributed by atoms with E-state index in [2.05, 4.69) is 13.8 Å². The molecule has 1 aliphatic carbocycles. The monoisotopic (exact) mass is 156 g/mol. The standard InChI is InChI=1S/C9H16O2/c1-7(2)5-9(6-10)4-3-8(9)11/h7,10H,3-6H2,1-2H3/t9-/m1/s1. The summed E-state index contributed by atoms with van der Waals surface area (Å²) in [5.74, 6) is 0.764. The lowest BCUT2D eigenvalue weighted by molar-refractivity contribution is -0.143. The van der Waals surface area contributed by atoms with E-state index in [0.717, 1.165) is 12.8 Å². The smallest absolute Gasteiger partial charge is 0.141 e. The van der Waals surface area contributed by atoms with Crippen LogP contribution in [0.4, 0.5) is 0 Å². The first-order chi connectivity index (χ1) is 5.10. The molecule has 0 heterocycles. The fourth-order valence-corrected chi connectivity index (χ4v) is 1.81. The van der Waals surface area contributed by atoms with Crippen molar-refractivity contribution in [1.82, 2.24) is 0 Å². The topological polar surface area (TPSA) is 37.3 Å². The number of hydrogen-bond donors (Lipinski definition) is 1. The minimum Gasteiger partial charge on any atom is -0.395 e. The first-order valence-corrected chi connectivity index (χ1v) is 4.25. The number of rotatable bonds is 3. The SMILES string of the molecule is CC(C)C[C@@]1(CO)CCC1=O. The van der Waals surface area contributed by atoms with Gasteiger partial charge in [-0.15, -0.1) is 0 Å². The number of carbonyl (C=O) groups is 1. The number of aliphatic hydroxyl groups is 1. The normalized spacial score (nSPS) is 30.7. The summed E-state index contributed by atoms with van der Waals surface area (Å²) in [6.45, 7) is 4.22. The van der Waals surface area contributed by atoms with Gasteiger partial charge in [0.05, 0.1) is 12.0 Å². The van der Waals surface area contributed by atoms with Gasteiger partial charge < -0.3 is 5.11 Å². The van der Waals surface area contributed by atoms with Crippen LogP contribution in [0.2, 0.25) is 0 Å². The molecule has 2 nitrogen and oxygen atoms in total. The highest BCUT2D eigenvalue weighted by atomic mass is 16.3. The molecular formula is C9H16O2. The zero-order chi connectivity index (χ0) is 8.48. The van der Waals surface area contributed by atoms with Gasteiger partial charge in [-0.05, 0) is 18.8 Å². The van der Waals surface area contributed by atoms with E-state index in [-0.39, 0.29) is 17.8 Å². The molecule has 11 heavy (non-hydrogen) atoms. The Hall–Kier alpha value is -0.370. The third kappa shape index (κ3) is 1.45. The number of hydrogen-bond acceptors (Lipinski definition) is 2. The van der Waals surface area contributed by atoms with Gasteiger partial charge in [0.2, 0.25) is 0 Å². The third-order valence-electron chi connectivity index (χ3n) is 2.52. The molecule has 2 heteroatoms. The average molecular weight is 156 g/mol. The summed E-state index contributed by atoms with van der Waals surface area (Å²) >= 11 is 0. The van der Waals surface area contributed by atoms with Crippen molar-refractivity contribution in [3.05, 3.63) is 0 Å². The van der Waals surface area contributed by atoms with E-state index in [1.807, 2.05) is 0 Å². The van der Waals surface area contributed by atoms with Gasteiger partial charge in [0.25, 0.3) is 0 Å².